The van der Waals surface area contributed by atoms with Crippen molar-refractivity contribution in [2.24, 2.45) is 0 Å². The molecule has 0 spiro atoms. The Hall–Kier alpha value is -2.34. The molecule has 0 N–H and O–H groups in total. The van der Waals surface area contributed by atoms with E-state index in [0.29, 0.717) is 42.6 Å². The van der Waals surface area contributed by atoms with E-state index in [4.69, 9.17) is 69.6 Å². The van der Waals surface area contributed by atoms with E-state index >= 15 is 0 Å². The van der Waals surface area contributed by atoms with Crippen LogP contribution in [0.5, 0.6) is 11.5 Å². The van der Waals surface area contributed by atoms with Gasteiger partial charge in [-0.2, -0.15) is 49.2 Å². The maximum atomic E-state index is 12.4. The number of nitrogens with zero attached hydrogens (tertiary/aromatic N) is 2. The second-order valence-electron chi connectivity index (χ2n) is 10.2. The van der Waals surface area contributed by atoms with Crippen molar-refractivity contribution in [3.05, 3.63) is 163 Å². The third-order valence-electron chi connectivity index (χ3n) is 6.51. The molecule has 0 aliphatic carbocycles. The number of halogens is 6. The van der Waals surface area contributed by atoms with Crippen molar-refractivity contribution in [3.63, 3.8) is 0 Å². The summed E-state index contributed by atoms with van der Waals surface area (Å²) in [6.45, 7) is 7.87. The van der Waals surface area contributed by atoms with E-state index in [9.17, 15) is 10.2 Å². The molecule has 5 rings (SSSR count). The topological polar surface area (TPSA) is 52.6 Å². The quantitative estimate of drug-likeness (QED) is 0.160. The molecule has 0 aromatic heterocycles. The SMILES string of the molecule is CN(Cc1cc(Cl)cc(Cl)c1[O-])c1cc(Cl)c(Cl)cc1N(C)Cc1cc(Cl)cc(Cl)c1[O-].[CH2-]c1ccccc1.[CH2-]c1ccccc1.[Zr+4]. The van der Waals surface area contributed by atoms with Crippen LogP contribution >= 0.6 is 69.6 Å². The van der Waals surface area contributed by atoms with E-state index in [2.05, 4.69) is 13.8 Å². The Balaban J connectivity index is 0.000000419. The van der Waals surface area contributed by atoms with Crippen molar-refractivity contribution in [2.45, 2.75) is 13.1 Å². The first-order chi connectivity index (χ1) is 21.8. The van der Waals surface area contributed by atoms with Crippen LogP contribution in [-0.4, -0.2) is 14.1 Å². The maximum absolute atomic E-state index is 12.4. The predicted molar refractivity (Wildman–Crippen MR) is 194 cm³/mol. The zero-order valence-corrected chi connectivity index (χ0v) is 32.5. The fraction of sp³-hybridized carbons (Fsp3) is 0.111. The molecule has 47 heavy (non-hydrogen) atoms. The molecule has 0 radical (unpaired) electrons. The standard InChI is InChI=1S/C22H18Cl6N2O2.2C7H7.Zr/c1-29(9-11-3-13(23)5-17(27)21(11)31)19-7-15(25)16(26)8-20(19)30(2)10-12-4-14(24)6-18(28)22(12)32;2*1-7-5-3-2-4-6-7;/h3-8,31-32H,9-10H2,1-2H3;2*2-6H,1H2;/q;2*-1;+4/p-2. The number of rotatable bonds is 6. The Morgan fingerprint density at radius 3 is 1.11 bits per heavy atom. The van der Waals surface area contributed by atoms with Gasteiger partial charge in [0, 0.05) is 47.3 Å². The summed E-state index contributed by atoms with van der Waals surface area (Å²) in [5, 5.41) is 26.4. The molecule has 5 aromatic carbocycles. The maximum Gasteiger partial charge on any atom is 4.00 e. The van der Waals surface area contributed by atoms with Crippen LogP contribution in [0, 0.1) is 13.8 Å². The summed E-state index contributed by atoms with van der Waals surface area (Å²) in [6.07, 6.45) is 0. The summed E-state index contributed by atoms with van der Waals surface area (Å²) in [5.41, 5.74) is 4.35. The van der Waals surface area contributed by atoms with Crippen molar-refractivity contribution < 1.29 is 36.4 Å². The summed E-state index contributed by atoms with van der Waals surface area (Å²) in [5.74, 6) is -0.607. The molecule has 5 aromatic rings. The summed E-state index contributed by atoms with van der Waals surface area (Å²) in [6, 6.07) is 29.1. The first-order valence-electron chi connectivity index (χ1n) is 13.7. The van der Waals surface area contributed by atoms with Gasteiger partial charge in [-0.3, -0.25) is 0 Å². The third kappa shape index (κ3) is 12.6. The minimum absolute atomic E-state index is 0. The largest absolute Gasteiger partial charge is 4.00 e. The van der Waals surface area contributed by atoms with Gasteiger partial charge in [0.25, 0.3) is 0 Å². The zero-order valence-electron chi connectivity index (χ0n) is 25.5. The van der Waals surface area contributed by atoms with Gasteiger partial charge in [-0.05, 0) is 47.5 Å². The molecule has 4 nitrogen and oxygen atoms in total. The molecule has 0 amide bonds. The van der Waals surface area contributed by atoms with Gasteiger partial charge in [-0.25, -0.2) is 0 Å². The Bertz CT molecular complexity index is 1620. The van der Waals surface area contributed by atoms with Gasteiger partial charge in [0.2, 0.25) is 0 Å². The smallest absolute Gasteiger partial charge is 0.871 e. The van der Waals surface area contributed by atoms with E-state index < -0.39 is 0 Å². The fourth-order valence-corrected chi connectivity index (χ4v) is 5.62. The summed E-state index contributed by atoms with van der Waals surface area (Å²) < 4.78 is 0. The number of hydrogen-bond acceptors (Lipinski definition) is 4. The van der Waals surface area contributed by atoms with Gasteiger partial charge in [0.1, 0.15) is 0 Å². The Labute approximate surface area is 326 Å². The Morgan fingerprint density at radius 1 is 0.511 bits per heavy atom. The van der Waals surface area contributed by atoms with Crippen LogP contribution in [0.15, 0.2) is 97.1 Å². The zero-order chi connectivity index (χ0) is 34.0. The van der Waals surface area contributed by atoms with E-state index in [1.54, 1.807) is 38.4 Å². The number of benzene rings is 5. The molecular weight excluding hydrogens is 796 g/mol. The average molecular weight is 827 g/mol. The molecule has 0 heterocycles. The molecule has 242 valence electrons. The van der Waals surface area contributed by atoms with Crippen LogP contribution in [0.3, 0.4) is 0 Å². The van der Waals surface area contributed by atoms with E-state index in [-0.39, 0.29) is 60.8 Å². The van der Waals surface area contributed by atoms with Crippen molar-refractivity contribution in [3.8, 4) is 11.5 Å². The summed E-state index contributed by atoms with van der Waals surface area (Å²) in [7, 11) is 3.58. The first-order valence-corrected chi connectivity index (χ1v) is 16.0. The van der Waals surface area contributed by atoms with Crippen molar-refractivity contribution in [2.75, 3.05) is 23.9 Å². The second-order valence-corrected chi connectivity index (χ2v) is 12.7. The van der Waals surface area contributed by atoms with E-state index in [0.717, 1.165) is 11.1 Å². The van der Waals surface area contributed by atoms with Crippen LogP contribution in [0.25, 0.3) is 0 Å². The predicted octanol–water partition coefficient (Wildman–Crippen LogP) is 10.8. The first kappa shape index (κ1) is 40.8. The molecule has 0 fully saturated rings. The fourth-order valence-electron chi connectivity index (χ4n) is 4.24. The minimum Gasteiger partial charge on any atom is -0.871 e. The molecule has 0 saturated heterocycles. The summed E-state index contributed by atoms with van der Waals surface area (Å²) in [4.78, 5) is 3.64. The third-order valence-corrected chi connectivity index (χ3v) is 8.23. The molecule has 0 saturated carbocycles. The van der Waals surface area contributed by atoms with Crippen LogP contribution < -0.4 is 20.0 Å². The van der Waals surface area contributed by atoms with E-state index in [1.807, 2.05) is 70.5 Å². The van der Waals surface area contributed by atoms with Crippen LogP contribution in [0.1, 0.15) is 22.3 Å². The Kier molecular flexibility index (Phi) is 17.0. The van der Waals surface area contributed by atoms with Gasteiger partial charge >= 0.3 is 26.2 Å². The normalized spacial score (nSPS) is 10.0. The van der Waals surface area contributed by atoms with Crippen LogP contribution in [0.4, 0.5) is 11.4 Å². The van der Waals surface area contributed by atoms with Gasteiger partial charge in [0.15, 0.2) is 0 Å². The number of hydrogen-bond donors (Lipinski definition) is 0. The van der Waals surface area contributed by atoms with Crippen molar-refractivity contribution in [1.82, 2.24) is 0 Å². The molecule has 0 bridgehead atoms. The van der Waals surface area contributed by atoms with Crippen LogP contribution in [-0.2, 0) is 39.3 Å². The Morgan fingerprint density at radius 2 is 0.830 bits per heavy atom. The monoisotopic (exact) mass is 822 g/mol. The molecule has 0 aliphatic rings. The van der Waals surface area contributed by atoms with Crippen LogP contribution in [0.2, 0.25) is 30.1 Å². The molecule has 11 heteroatoms. The molecule has 0 atom stereocenters. The van der Waals surface area contributed by atoms with E-state index in [1.165, 1.54) is 12.1 Å². The summed E-state index contributed by atoms with van der Waals surface area (Å²) >= 11 is 36.7. The van der Waals surface area contributed by atoms with Gasteiger partial charge in [-0.1, -0.05) is 93.2 Å². The molecular formula is C36H30Cl6N2O2Zr. The number of anilines is 2. The minimum atomic E-state index is -0.303. The molecule has 0 unspecified atom stereocenters. The van der Waals surface area contributed by atoms with Crippen molar-refractivity contribution in [1.29, 1.82) is 0 Å². The second kappa shape index (κ2) is 19.6. The van der Waals surface area contributed by atoms with Crippen molar-refractivity contribution >= 4 is 81.0 Å². The van der Waals surface area contributed by atoms with Gasteiger partial charge in [0.05, 0.1) is 21.4 Å². The molecule has 0 aliphatic heterocycles. The van der Waals surface area contributed by atoms with Gasteiger partial charge < -0.3 is 20.0 Å². The average Bonchev–Trinajstić information content (AvgIpc) is 3.00. The van der Waals surface area contributed by atoms with Gasteiger partial charge in [-0.15, -0.1) is 24.3 Å².